The van der Waals surface area contributed by atoms with Crippen molar-refractivity contribution in [3.63, 3.8) is 0 Å². The molecule has 1 rings (SSSR count). The van der Waals surface area contributed by atoms with Crippen LogP contribution in [0.25, 0.3) is 0 Å². The standard InChI is InChI=1S/C9H12N2O4S/c12-7(8(13)14)4-11-9(15)10-3-6-1-2-16-5-6/h1-2,5,7,12H,3-4H2,(H,13,14)(H2,10,11,15). The number of thiophene rings is 1. The first kappa shape index (κ1) is 12.5. The maximum atomic E-state index is 11.1. The largest absolute Gasteiger partial charge is 0.479 e. The second-order valence-electron chi connectivity index (χ2n) is 3.05. The summed E-state index contributed by atoms with van der Waals surface area (Å²) in [5.41, 5.74) is 0.971. The Morgan fingerprint density at radius 2 is 2.19 bits per heavy atom. The van der Waals surface area contributed by atoms with Crippen LogP contribution in [0.1, 0.15) is 5.56 Å². The van der Waals surface area contributed by atoms with E-state index in [1.165, 1.54) is 11.3 Å². The zero-order chi connectivity index (χ0) is 12.0. The first-order valence-corrected chi connectivity index (χ1v) is 5.47. The predicted molar refractivity (Wildman–Crippen MR) is 58.2 cm³/mol. The van der Waals surface area contributed by atoms with E-state index in [1.54, 1.807) is 0 Å². The van der Waals surface area contributed by atoms with Gasteiger partial charge in [-0.1, -0.05) is 0 Å². The number of rotatable bonds is 5. The summed E-state index contributed by atoms with van der Waals surface area (Å²) in [5, 5.41) is 25.8. The number of nitrogens with one attached hydrogen (secondary N) is 2. The van der Waals surface area contributed by atoms with Crippen LogP contribution in [0.4, 0.5) is 4.79 Å². The number of aliphatic hydroxyl groups is 1. The minimum absolute atomic E-state index is 0.315. The summed E-state index contributed by atoms with van der Waals surface area (Å²) in [5.74, 6) is -1.36. The summed E-state index contributed by atoms with van der Waals surface area (Å²) in [6, 6.07) is 1.36. The first-order valence-electron chi connectivity index (χ1n) is 4.53. The summed E-state index contributed by atoms with van der Waals surface area (Å²) in [6.45, 7) is 0.0588. The monoisotopic (exact) mass is 244 g/mol. The molecule has 1 aromatic rings. The Morgan fingerprint density at radius 1 is 1.44 bits per heavy atom. The molecule has 1 heterocycles. The number of carbonyl (C=O) groups excluding carboxylic acids is 1. The maximum absolute atomic E-state index is 11.1. The van der Waals surface area contributed by atoms with Gasteiger partial charge in [-0.15, -0.1) is 0 Å². The fraction of sp³-hybridized carbons (Fsp3) is 0.333. The second-order valence-corrected chi connectivity index (χ2v) is 3.83. The molecule has 0 saturated heterocycles. The summed E-state index contributed by atoms with van der Waals surface area (Å²) in [7, 11) is 0. The van der Waals surface area contributed by atoms with Crippen LogP contribution < -0.4 is 10.6 Å². The molecule has 0 fully saturated rings. The maximum Gasteiger partial charge on any atom is 0.334 e. The van der Waals surface area contributed by atoms with Gasteiger partial charge in [0, 0.05) is 6.54 Å². The van der Waals surface area contributed by atoms with Crippen molar-refractivity contribution in [3.05, 3.63) is 22.4 Å². The van der Waals surface area contributed by atoms with E-state index in [-0.39, 0.29) is 6.54 Å². The van der Waals surface area contributed by atoms with Crippen LogP contribution in [-0.2, 0) is 11.3 Å². The average molecular weight is 244 g/mol. The summed E-state index contributed by atoms with van der Waals surface area (Å²) in [4.78, 5) is 21.4. The Morgan fingerprint density at radius 3 is 2.75 bits per heavy atom. The molecule has 0 bridgehead atoms. The Kier molecular flexibility index (Phi) is 4.74. The van der Waals surface area contributed by atoms with E-state index in [1.807, 2.05) is 16.8 Å². The Balaban J connectivity index is 2.19. The number of urea groups is 1. The van der Waals surface area contributed by atoms with Crippen molar-refractivity contribution < 1.29 is 19.8 Å². The predicted octanol–water partition coefficient (Wildman–Crippen LogP) is -0.00720. The van der Waals surface area contributed by atoms with E-state index in [9.17, 15) is 9.59 Å². The molecule has 7 heteroatoms. The molecular weight excluding hydrogens is 232 g/mol. The van der Waals surface area contributed by atoms with E-state index in [0.29, 0.717) is 6.54 Å². The number of carboxylic acids is 1. The van der Waals surface area contributed by atoms with Crippen molar-refractivity contribution >= 4 is 23.3 Å². The van der Waals surface area contributed by atoms with Gasteiger partial charge in [0.25, 0.3) is 0 Å². The highest BCUT2D eigenvalue weighted by Crippen LogP contribution is 2.04. The van der Waals surface area contributed by atoms with Crippen molar-refractivity contribution in [1.29, 1.82) is 0 Å². The van der Waals surface area contributed by atoms with Gasteiger partial charge < -0.3 is 20.8 Å². The molecule has 1 atom stereocenters. The van der Waals surface area contributed by atoms with E-state index in [0.717, 1.165) is 5.56 Å². The molecule has 0 saturated carbocycles. The molecule has 2 amide bonds. The van der Waals surface area contributed by atoms with E-state index >= 15 is 0 Å². The normalized spacial score (nSPS) is 11.8. The molecular formula is C9H12N2O4S. The zero-order valence-electron chi connectivity index (χ0n) is 8.34. The molecule has 0 aliphatic heterocycles. The number of hydrogen-bond acceptors (Lipinski definition) is 4. The Bertz CT molecular complexity index is 352. The molecule has 88 valence electrons. The number of hydrogen-bond donors (Lipinski definition) is 4. The van der Waals surface area contributed by atoms with Gasteiger partial charge >= 0.3 is 12.0 Å². The van der Waals surface area contributed by atoms with E-state index < -0.39 is 18.1 Å². The minimum atomic E-state index is -1.58. The minimum Gasteiger partial charge on any atom is -0.479 e. The van der Waals surface area contributed by atoms with Crippen LogP contribution in [0.2, 0.25) is 0 Å². The number of carboxylic acid groups (broad SMARTS) is 1. The molecule has 16 heavy (non-hydrogen) atoms. The number of aliphatic carboxylic acids is 1. The van der Waals surface area contributed by atoms with Crippen LogP contribution >= 0.6 is 11.3 Å². The van der Waals surface area contributed by atoms with Crippen LogP contribution in [0, 0.1) is 0 Å². The quantitative estimate of drug-likeness (QED) is 0.585. The molecule has 6 nitrogen and oxygen atoms in total. The molecule has 0 aliphatic rings. The van der Waals surface area contributed by atoms with Gasteiger partial charge in [-0.3, -0.25) is 0 Å². The molecule has 0 spiro atoms. The van der Waals surface area contributed by atoms with Crippen LogP contribution in [0.3, 0.4) is 0 Å². The highest BCUT2D eigenvalue weighted by atomic mass is 32.1. The van der Waals surface area contributed by atoms with Gasteiger partial charge in [0.1, 0.15) is 0 Å². The number of aliphatic hydroxyl groups excluding tert-OH is 1. The van der Waals surface area contributed by atoms with Gasteiger partial charge in [-0.05, 0) is 22.4 Å². The third-order valence-electron chi connectivity index (χ3n) is 1.77. The molecule has 1 aromatic heterocycles. The third kappa shape index (κ3) is 4.28. The smallest absolute Gasteiger partial charge is 0.334 e. The molecule has 0 aromatic carbocycles. The third-order valence-corrected chi connectivity index (χ3v) is 2.51. The lowest BCUT2D eigenvalue weighted by atomic mass is 10.3. The number of amides is 2. The van der Waals surface area contributed by atoms with Crippen LogP contribution in [0.5, 0.6) is 0 Å². The Labute approximate surface area is 95.9 Å². The van der Waals surface area contributed by atoms with Crippen molar-refractivity contribution in [2.24, 2.45) is 0 Å². The lowest BCUT2D eigenvalue weighted by Crippen LogP contribution is -2.41. The summed E-state index contributed by atoms with van der Waals surface area (Å²) in [6.07, 6.45) is -1.58. The van der Waals surface area contributed by atoms with Crippen molar-refractivity contribution in [3.8, 4) is 0 Å². The van der Waals surface area contributed by atoms with Crippen molar-refractivity contribution in [2.45, 2.75) is 12.6 Å². The van der Waals surface area contributed by atoms with Crippen molar-refractivity contribution in [1.82, 2.24) is 10.6 Å². The fourth-order valence-electron chi connectivity index (χ4n) is 0.915. The highest BCUT2D eigenvalue weighted by molar-refractivity contribution is 7.07. The van der Waals surface area contributed by atoms with Gasteiger partial charge in [0.15, 0.2) is 6.10 Å². The molecule has 0 radical (unpaired) electrons. The van der Waals surface area contributed by atoms with Crippen molar-refractivity contribution in [2.75, 3.05) is 6.54 Å². The van der Waals surface area contributed by atoms with Crippen LogP contribution in [-0.4, -0.2) is 34.9 Å². The zero-order valence-corrected chi connectivity index (χ0v) is 9.16. The molecule has 0 aliphatic carbocycles. The lowest BCUT2D eigenvalue weighted by Gasteiger charge is -2.08. The Hall–Kier alpha value is -1.60. The van der Waals surface area contributed by atoms with Gasteiger partial charge in [0.05, 0.1) is 6.54 Å². The van der Waals surface area contributed by atoms with Gasteiger partial charge in [-0.25, -0.2) is 9.59 Å². The SMILES string of the molecule is O=C(NCc1ccsc1)NCC(O)C(=O)O. The highest BCUT2D eigenvalue weighted by Gasteiger charge is 2.13. The second kappa shape index (κ2) is 6.09. The van der Waals surface area contributed by atoms with E-state index in [4.69, 9.17) is 10.2 Å². The average Bonchev–Trinajstić information content (AvgIpc) is 2.75. The topological polar surface area (TPSA) is 98.7 Å². The first-order chi connectivity index (χ1) is 7.59. The van der Waals surface area contributed by atoms with Gasteiger partial charge in [0.2, 0.25) is 0 Å². The van der Waals surface area contributed by atoms with E-state index in [2.05, 4.69) is 10.6 Å². The molecule has 1 unspecified atom stereocenters. The van der Waals surface area contributed by atoms with Crippen LogP contribution in [0.15, 0.2) is 16.8 Å². The fourth-order valence-corrected chi connectivity index (χ4v) is 1.58. The molecule has 4 N–H and O–H groups in total. The van der Waals surface area contributed by atoms with Gasteiger partial charge in [-0.2, -0.15) is 11.3 Å². The summed E-state index contributed by atoms with van der Waals surface area (Å²) < 4.78 is 0. The number of carbonyl (C=O) groups is 2. The lowest BCUT2D eigenvalue weighted by molar-refractivity contribution is -0.146. The summed E-state index contributed by atoms with van der Waals surface area (Å²) >= 11 is 1.52.